The number of ether oxygens (including phenoxy) is 1. The molecule has 0 aliphatic heterocycles. The average Bonchev–Trinajstić information content (AvgIpc) is 3.11. The minimum absolute atomic E-state index is 0.0356. The van der Waals surface area contributed by atoms with Crippen LogP contribution in [0.4, 0.5) is 0 Å². The van der Waals surface area contributed by atoms with Gasteiger partial charge in [0.25, 0.3) is 0 Å². The second kappa shape index (κ2) is 9.24. The van der Waals surface area contributed by atoms with Crippen LogP contribution in [0.1, 0.15) is 31.7 Å². The van der Waals surface area contributed by atoms with Gasteiger partial charge in [0.1, 0.15) is 11.8 Å². The van der Waals surface area contributed by atoms with Gasteiger partial charge in [0, 0.05) is 21.1 Å². The molecule has 152 valence electrons. The molecule has 0 fully saturated rings. The summed E-state index contributed by atoms with van der Waals surface area (Å²) in [5.74, 6) is 0.688. The molecule has 0 atom stereocenters. The van der Waals surface area contributed by atoms with Crippen molar-refractivity contribution in [1.82, 2.24) is 4.98 Å². The molecule has 3 nitrogen and oxygen atoms in total. The summed E-state index contributed by atoms with van der Waals surface area (Å²) in [5, 5.41) is 12.3. The SMILES string of the molecule is CCCCCc1c(-c2ccc3c(Br)c(OCC#N)ccc3c2)[nH]c2ccc(Br)cc12. The zero-order valence-electron chi connectivity index (χ0n) is 16.8. The van der Waals surface area contributed by atoms with Gasteiger partial charge in [-0.05, 0) is 81.0 Å². The molecular formula is C25H22Br2N2O. The molecule has 0 spiro atoms. The van der Waals surface area contributed by atoms with Crippen LogP contribution in [0, 0.1) is 11.3 Å². The van der Waals surface area contributed by atoms with Gasteiger partial charge in [-0.1, -0.05) is 53.9 Å². The van der Waals surface area contributed by atoms with Gasteiger partial charge in [0.2, 0.25) is 0 Å². The molecular weight excluding hydrogens is 504 g/mol. The molecule has 0 unspecified atom stereocenters. The molecule has 0 aliphatic carbocycles. The predicted molar refractivity (Wildman–Crippen MR) is 131 cm³/mol. The van der Waals surface area contributed by atoms with Crippen LogP contribution in [0.15, 0.2) is 57.5 Å². The fourth-order valence-corrected chi connectivity index (χ4v) is 4.90. The standard InChI is InChI=1S/C25H22Br2N2O/c1-2-3-4-5-20-21-15-18(26)8-10-22(21)29-25(20)17-6-9-19-16(14-17)7-11-23(24(19)27)30-13-12-28/h6-11,14-15,29H,2-5,13H2,1H3. The van der Waals surface area contributed by atoms with Crippen LogP contribution in [0.2, 0.25) is 0 Å². The number of aromatic amines is 1. The second-order valence-corrected chi connectivity index (χ2v) is 9.09. The van der Waals surface area contributed by atoms with Gasteiger partial charge < -0.3 is 9.72 Å². The molecule has 3 aromatic carbocycles. The lowest BCUT2D eigenvalue weighted by atomic mass is 9.98. The number of aromatic nitrogens is 1. The Morgan fingerprint density at radius 1 is 1.00 bits per heavy atom. The number of halogens is 2. The first kappa shape index (κ1) is 21.0. The Morgan fingerprint density at radius 2 is 1.87 bits per heavy atom. The molecule has 4 aromatic rings. The van der Waals surface area contributed by atoms with E-state index in [-0.39, 0.29) is 6.61 Å². The van der Waals surface area contributed by atoms with Gasteiger partial charge in [-0.2, -0.15) is 5.26 Å². The van der Waals surface area contributed by atoms with Gasteiger partial charge in [-0.25, -0.2) is 0 Å². The number of aryl methyl sites for hydroxylation is 1. The Kier molecular flexibility index (Phi) is 6.46. The van der Waals surface area contributed by atoms with E-state index < -0.39 is 0 Å². The van der Waals surface area contributed by atoms with Crippen molar-refractivity contribution in [2.75, 3.05) is 6.61 Å². The summed E-state index contributed by atoms with van der Waals surface area (Å²) in [6.45, 7) is 2.27. The molecule has 1 N–H and O–H groups in total. The number of rotatable bonds is 7. The number of unbranched alkanes of at least 4 members (excludes halogenated alkanes) is 2. The Bertz CT molecular complexity index is 1250. The Hall–Kier alpha value is -2.29. The van der Waals surface area contributed by atoms with Crippen molar-refractivity contribution in [2.24, 2.45) is 0 Å². The van der Waals surface area contributed by atoms with Crippen molar-refractivity contribution in [2.45, 2.75) is 32.6 Å². The molecule has 0 radical (unpaired) electrons. The lowest BCUT2D eigenvalue weighted by molar-refractivity contribution is 0.366. The third-order valence-electron chi connectivity index (χ3n) is 5.40. The van der Waals surface area contributed by atoms with E-state index in [4.69, 9.17) is 10.00 Å². The molecule has 0 saturated heterocycles. The third-order valence-corrected chi connectivity index (χ3v) is 6.71. The molecule has 0 bridgehead atoms. The van der Waals surface area contributed by atoms with E-state index in [1.807, 2.05) is 18.2 Å². The van der Waals surface area contributed by atoms with Gasteiger partial charge in [-0.3, -0.25) is 0 Å². The minimum atomic E-state index is 0.0356. The van der Waals surface area contributed by atoms with Gasteiger partial charge in [0.15, 0.2) is 6.61 Å². The van der Waals surface area contributed by atoms with Gasteiger partial charge in [0.05, 0.1) is 4.47 Å². The van der Waals surface area contributed by atoms with Crippen molar-refractivity contribution in [1.29, 1.82) is 5.26 Å². The maximum absolute atomic E-state index is 8.78. The minimum Gasteiger partial charge on any atom is -0.478 e. The number of nitriles is 1. The normalized spacial score (nSPS) is 11.1. The maximum atomic E-state index is 8.78. The highest BCUT2D eigenvalue weighted by Gasteiger charge is 2.15. The van der Waals surface area contributed by atoms with E-state index in [1.165, 1.54) is 47.0 Å². The first-order valence-corrected chi connectivity index (χ1v) is 11.7. The quantitative estimate of drug-likeness (QED) is 0.247. The van der Waals surface area contributed by atoms with Gasteiger partial charge in [-0.15, -0.1) is 0 Å². The van der Waals surface area contributed by atoms with Gasteiger partial charge >= 0.3 is 0 Å². The van der Waals surface area contributed by atoms with E-state index in [9.17, 15) is 0 Å². The Labute approximate surface area is 193 Å². The first-order chi connectivity index (χ1) is 14.6. The summed E-state index contributed by atoms with van der Waals surface area (Å²) in [6, 6.07) is 18.9. The monoisotopic (exact) mass is 524 g/mol. The summed E-state index contributed by atoms with van der Waals surface area (Å²) in [5.41, 5.74) is 4.93. The fraction of sp³-hybridized carbons (Fsp3) is 0.240. The van der Waals surface area contributed by atoms with Crippen molar-refractivity contribution in [3.05, 3.63) is 63.0 Å². The van der Waals surface area contributed by atoms with E-state index in [0.29, 0.717) is 5.75 Å². The number of H-pyrrole nitrogens is 1. The average molecular weight is 526 g/mol. The smallest absolute Gasteiger partial charge is 0.174 e. The summed E-state index contributed by atoms with van der Waals surface area (Å²) < 4.78 is 7.50. The molecule has 1 aromatic heterocycles. The fourth-order valence-electron chi connectivity index (χ4n) is 3.93. The van der Waals surface area contributed by atoms with Crippen LogP contribution in [-0.2, 0) is 6.42 Å². The molecule has 5 heteroatoms. The molecule has 30 heavy (non-hydrogen) atoms. The number of hydrogen-bond donors (Lipinski definition) is 1. The number of benzene rings is 3. The Balaban J connectivity index is 1.81. The van der Waals surface area contributed by atoms with Crippen molar-refractivity contribution in [3.63, 3.8) is 0 Å². The van der Waals surface area contributed by atoms with E-state index in [0.717, 1.165) is 26.1 Å². The summed E-state index contributed by atoms with van der Waals surface area (Å²) in [4.78, 5) is 3.66. The zero-order valence-corrected chi connectivity index (χ0v) is 19.9. The molecule has 0 saturated carbocycles. The predicted octanol–water partition coefficient (Wildman–Crippen LogP) is 8.15. The highest BCUT2D eigenvalue weighted by atomic mass is 79.9. The second-order valence-electron chi connectivity index (χ2n) is 7.39. The van der Waals surface area contributed by atoms with Crippen LogP contribution < -0.4 is 4.74 Å². The summed E-state index contributed by atoms with van der Waals surface area (Å²) in [7, 11) is 0. The lowest BCUT2D eigenvalue weighted by Crippen LogP contribution is -1.94. The van der Waals surface area contributed by atoms with Crippen molar-refractivity contribution in [3.8, 4) is 23.1 Å². The van der Waals surface area contributed by atoms with Crippen LogP contribution in [-0.4, -0.2) is 11.6 Å². The topological polar surface area (TPSA) is 48.8 Å². The number of fused-ring (bicyclic) bond motifs is 2. The zero-order chi connectivity index (χ0) is 21.1. The Morgan fingerprint density at radius 3 is 2.67 bits per heavy atom. The third kappa shape index (κ3) is 4.12. The maximum Gasteiger partial charge on any atom is 0.174 e. The first-order valence-electron chi connectivity index (χ1n) is 10.1. The number of nitrogens with zero attached hydrogens (tertiary/aromatic N) is 1. The van der Waals surface area contributed by atoms with Crippen LogP contribution in [0.5, 0.6) is 5.75 Å². The van der Waals surface area contributed by atoms with Crippen LogP contribution in [0.25, 0.3) is 32.9 Å². The molecule has 4 rings (SSSR count). The van der Waals surface area contributed by atoms with E-state index >= 15 is 0 Å². The van der Waals surface area contributed by atoms with Crippen LogP contribution in [0.3, 0.4) is 0 Å². The van der Waals surface area contributed by atoms with Crippen LogP contribution >= 0.6 is 31.9 Å². The summed E-state index contributed by atoms with van der Waals surface area (Å²) in [6.07, 6.45) is 4.68. The van der Waals surface area contributed by atoms with E-state index in [2.05, 4.69) is 80.2 Å². The lowest BCUT2D eigenvalue weighted by Gasteiger charge is -2.10. The molecule has 0 amide bonds. The highest BCUT2D eigenvalue weighted by Crippen LogP contribution is 2.38. The van der Waals surface area contributed by atoms with E-state index in [1.54, 1.807) is 0 Å². The molecule has 0 aliphatic rings. The number of nitrogens with one attached hydrogen (secondary N) is 1. The molecule has 1 heterocycles. The van der Waals surface area contributed by atoms with Crippen molar-refractivity contribution >= 4 is 53.5 Å². The highest BCUT2D eigenvalue weighted by molar-refractivity contribution is 9.11. The van der Waals surface area contributed by atoms with Crippen molar-refractivity contribution < 1.29 is 4.74 Å². The number of hydrogen-bond acceptors (Lipinski definition) is 2. The summed E-state index contributed by atoms with van der Waals surface area (Å²) >= 11 is 7.27. The largest absolute Gasteiger partial charge is 0.478 e.